The Labute approximate surface area is 50.5 Å². The Morgan fingerprint density at radius 3 is 2.38 bits per heavy atom. The van der Waals surface area contributed by atoms with Crippen molar-refractivity contribution in [2.75, 3.05) is 7.05 Å². The molecule has 1 amide bonds. The van der Waals surface area contributed by atoms with Crippen LogP contribution in [0.5, 0.6) is 0 Å². The van der Waals surface area contributed by atoms with Gasteiger partial charge < -0.3 is 4.90 Å². The molecule has 0 saturated heterocycles. The predicted octanol–water partition coefficient (Wildman–Crippen LogP) is 0.873. The summed E-state index contributed by atoms with van der Waals surface area (Å²) in [4.78, 5) is 11.7. The van der Waals surface area contributed by atoms with E-state index < -0.39 is 0 Å². The van der Waals surface area contributed by atoms with Gasteiger partial charge in [0.05, 0.1) is 0 Å². The lowest BCUT2D eigenvalue weighted by atomic mass is 10.2. The van der Waals surface area contributed by atoms with E-state index in [0.29, 0.717) is 6.04 Å². The number of carbonyl (C=O) groups is 1. The van der Waals surface area contributed by atoms with Crippen LogP contribution in [0.1, 0.15) is 20.3 Å². The van der Waals surface area contributed by atoms with Gasteiger partial charge in [0.1, 0.15) is 0 Å². The molecule has 2 nitrogen and oxygen atoms in total. The van der Waals surface area contributed by atoms with Gasteiger partial charge in [-0.3, -0.25) is 4.79 Å². The summed E-state index contributed by atoms with van der Waals surface area (Å²) in [7, 11) is 1.79. The maximum Gasteiger partial charge on any atom is 0.209 e. The summed E-state index contributed by atoms with van der Waals surface area (Å²) in [6.45, 7) is 4.08. The molecule has 0 spiro atoms. The number of nitrogens with zero attached hydrogens (tertiary/aromatic N) is 1. The number of carbonyl (C=O) groups excluding carboxylic acids is 1. The van der Waals surface area contributed by atoms with Crippen molar-refractivity contribution in [1.82, 2.24) is 4.90 Å². The van der Waals surface area contributed by atoms with Crippen LogP contribution in [0.15, 0.2) is 0 Å². The fraction of sp³-hybridized carbons (Fsp3) is 0.833. The van der Waals surface area contributed by atoms with Crippen LogP contribution >= 0.6 is 0 Å². The van der Waals surface area contributed by atoms with E-state index >= 15 is 0 Å². The third-order valence-corrected chi connectivity index (χ3v) is 1.45. The molecule has 1 atom stereocenters. The van der Waals surface area contributed by atoms with Crippen molar-refractivity contribution in [2.45, 2.75) is 26.3 Å². The Morgan fingerprint density at radius 2 is 2.25 bits per heavy atom. The second-order valence-corrected chi connectivity index (χ2v) is 2.03. The van der Waals surface area contributed by atoms with Crippen LogP contribution in [0.25, 0.3) is 0 Å². The predicted molar refractivity (Wildman–Crippen MR) is 33.6 cm³/mol. The molecule has 0 aliphatic rings. The van der Waals surface area contributed by atoms with Crippen LogP contribution in [-0.4, -0.2) is 24.4 Å². The van der Waals surface area contributed by atoms with Gasteiger partial charge in [-0.05, 0) is 13.3 Å². The molecule has 0 aliphatic carbocycles. The van der Waals surface area contributed by atoms with E-state index in [-0.39, 0.29) is 0 Å². The molecular formula is C6H13NO. The van der Waals surface area contributed by atoms with Gasteiger partial charge in [0.25, 0.3) is 0 Å². The standard InChI is InChI=1S/C6H13NO/c1-4-6(2)7(3)5-8/h5-6H,4H2,1-3H3/t6-/m0/s1. The van der Waals surface area contributed by atoms with Gasteiger partial charge >= 0.3 is 0 Å². The topological polar surface area (TPSA) is 20.3 Å². The van der Waals surface area contributed by atoms with E-state index in [9.17, 15) is 4.79 Å². The largest absolute Gasteiger partial charge is 0.346 e. The molecule has 0 unspecified atom stereocenters. The maximum absolute atomic E-state index is 10.0. The minimum absolute atomic E-state index is 0.382. The molecule has 0 radical (unpaired) electrons. The van der Waals surface area contributed by atoms with Gasteiger partial charge in [0, 0.05) is 13.1 Å². The Kier molecular flexibility index (Phi) is 3.24. The van der Waals surface area contributed by atoms with Gasteiger partial charge in [-0.15, -0.1) is 0 Å². The molecule has 0 heterocycles. The number of hydrogen-bond acceptors (Lipinski definition) is 1. The maximum atomic E-state index is 10.0. The van der Waals surface area contributed by atoms with Gasteiger partial charge in [0.2, 0.25) is 6.41 Å². The first-order valence-corrected chi connectivity index (χ1v) is 2.89. The highest BCUT2D eigenvalue weighted by Gasteiger charge is 2.00. The third kappa shape index (κ3) is 1.96. The fourth-order valence-electron chi connectivity index (χ4n) is 0.392. The Balaban J connectivity index is 3.44. The highest BCUT2D eigenvalue weighted by atomic mass is 16.1. The van der Waals surface area contributed by atoms with E-state index in [1.807, 2.05) is 6.92 Å². The Hall–Kier alpha value is -0.530. The number of hydrogen-bond donors (Lipinski definition) is 0. The lowest BCUT2D eigenvalue weighted by Crippen LogP contribution is -2.26. The lowest BCUT2D eigenvalue weighted by molar-refractivity contribution is -0.118. The van der Waals surface area contributed by atoms with E-state index in [1.165, 1.54) is 0 Å². The number of amides is 1. The SMILES string of the molecule is CC[C@H](C)N(C)C=O. The summed E-state index contributed by atoms with van der Waals surface area (Å²) in [6.07, 6.45) is 1.88. The van der Waals surface area contributed by atoms with E-state index in [4.69, 9.17) is 0 Å². The van der Waals surface area contributed by atoms with Crippen molar-refractivity contribution in [2.24, 2.45) is 0 Å². The summed E-state index contributed by atoms with van der Waals surface area (Å²) in [6, 6.07) is 0.382. The average Bonchev–Trinajstić information content (AvgIpc) is 1.84. The molecule has 0 saturated carbocycles. The summed E-state index contributed by atoms with van der Waals surface area (Å²) < 4.78 is 0. The molecular weight excluding hydrogens is 102 g/mol. The molecule has 0 aromatic rings. The summed E-state index contributed by atoms with van der Waals surface area (Å²) in [5.74, 6) is 0. The molecule has 0 bridgehead atoms. The molecule has 8 heavy (non-hydrogen) atoms. The molecule has 0 fully saturated rings. The second-order valence-electron chi connectivity index (χ2n) is 2.03. The lowest BCUT2D eigenvalue weighted by Gasteiger charge is -2.17. The van der Waals surface area contributed by atoms with Gasteiger partial charge in [-0.25, -0.2) is 0 Å². The van der Waals surface area contributed by atoms with Crippen LogP contribution in [0.4, 0.5) is 0 Å². The zero-order chi connectivity index (χ0) is 6.57. The van der Waals surface area contributed by atoms with Crippen molar-refractivity contribution in [3.05, 3.63) is 0 Å². The Bertz CT molecular complexity index is 72.9. The van der Waals surface area contributed by atoms with Crippen molar-refractivity contribution in [3.63, 3.8) is 0 Å². The van der Waals surface area contributed by atoms with Crippen LogP contribution in [-0.2, 0) is 4.79 Å². The quantitative estimate of drug-likeness (QED) is 0.500. The van der Waals surface area contributed by atoms with E-state index in [1.54, 1.807) is 11.9 Å². The highest BCUT2D eigenvalue weighted by molar-refractivity contribution is 5.46. The van der Waals surface area contributed by atoms with Crippen LogP contribution in [0, 0.1) is 0 Å². The first-order chi connectivity index (χ1) is 3.72. The van der Waals surface area contributed by atoms with Gasteiger partial charge in [-0.1, -0.05) is 6.92 Å². The molecule has 0 aliphatic heterocycles. The molecule has 0 rings (SSSR count). The van der Waals surface area contributed by atoms with Crippen LogP contribution in [0.3, 0.4) is 0 Å². The monoisotopic (exact) mass is 115 g/mol. The summed E-state index contributed by atoms with van der Waals surface area (Å²) in [5, 5.41) is 0. The second kappa shape index (κ2) is 3.47. The van der Waals surface area contributed by atoms with Crippen molar-refractivity contribution in [1.29, 1.82) is 0 Å². The minimum atomic E-state index is 0.382. The number of rotatable bonds is 3. The third-order valence-electron chi connectivity index (χ3n) is 1.45. The first-order valence-electron chi connectivity index (χ1n) is 2.89. The van der Waals surface area contributed by atoms with E-state index in [0.717, 1.165) is 12.8 Å². The average molecular weight is 115 g/mol. The normalized spacial score (nSPS) is 12.9. The first kappa shape index (κ1) is 7.47. The molecule has 0 aromatic heterocycles. The van der Waals surface area contributed by atoms with Crippen molar-refractivity contribution in [3.8, 4) is 0 Å². The van der Waals surface area contributed by atoms with Gasteiger partial charge in [0.15, 0.2) is 0 Å². The van der Waals surface area contributed by atoms with Crippen LogP contribution < -0.4 is 0 Å². The van der Waals surface area contributed by atoms with Gasteiger partial charge in [-0.2, -0.15) is 0 Å². The smallest absolute Gasteiger partial charge is 0.209 e. The molecule has 0 N–H and O–H groups in total. The minimum Gasteiger partial charge on any atom is -0.346 e. The fourth-order valence-corrected chi connectivity index (χ4v) is 0.392. The molecule has 48 valence electrons. The van der Waals surface area contributed by atoms with Crippen LogP contribution in [0.2, 0.25) is 0 Å². The zero-order valence-corrected chi connectivity index (χ0v) is 5.72. The summed E-state index contributed by atoms with van der Waals surface area (Å²) >= 11 is 0. The van der Waals surface area contributed by atoms with Crippen molar-refractivity contribution >= 4 is 6.41 Å². The van der Waals surface area contributed by atoms with Crippen molar-refractivity contribution < 1.29 is 4.79 Å². The molecule has 2 heteroatoms. The van der Waals surface area contributed by atoms with E-state index in [2.05, 4.69) is 6.92 Å². The highest BCUT2D eigenvalue weighted by Crippen LogP contribution is 1.94. The summed E-state index contributed by atoms with van der Waals surface area (Å²) in [5.41, 5.74) is 0. The Morgan fingerprint density at radius 1 is 1.75 bits per heavy atom. The zero-order valence-electron chi connectivity index (χ0n) is 5.72. The molecule has 0 aromatic carbocycles.